The van der Waals surface area contributed by atoms with Gasteiger partial charge in [0.25, 0.3) is 0 Å². The molecule has 0 amide bonds. The molecule has 0 saturated carbocycles. The lowest BCUT2D eigenvalue weighted by atomic mass is 10.2. The molecule has 0 radical (unpaired) electrons. The quantitative estimate of drug-likeness (QED) is 0.717. The highest BCUT2D eigenvalue weighted by Crippen LogP contribution is 2.22. The maximum Gasteiger partial charge on any atom is 0.338 e. The Hall–Kier alpha value is -2.22. The van der Waals surface area contributed by atoms with Crippen LogP contribution in [0, 0.1) is 6.92 Å². The molecule has 1 saturated heterocycles. The van der Waals surface area contributed by atoms with Gasteiger partial charge in [0.05, 0.1) is 22.7 Å². The van der Waals surface area contributed by atoms with Gasteiger partial charge in [-0.2, -0.15) is 4.31 Å². The van der Waals surface area contributed by atoms with Gasteiger partial charge in [-0.05, 0) is 44.5 Å². The smallest absolute Gasteiger partial charge is 0.338 e. The van der Waals surface area contributed by atoms with E-state index < -0.39 is 16.0 Å². The van der Waals surface area contributed by atoms with E-state index in [1.165, 1.54) is 16.4 Å². The Kier molecular flexibility index (Phi) is 6.17. The van der Waals surface area contributed by atoms with E-state index in [1.54, 1.807) is 12.1 Å². The van der Waals surface area contributed by atoms with Crippen molar-refractivity contribution in [1.29, 1.82) is 0 Å². The molecule has 0 aliphatic carbocycles. The summed E-state index contributed by atoms with van der Waals surface area (Å²) in [5, 5.41) is 0. The van der Waals surface area contributed by atoms with Crippen LogP contribution >= 0.6 is 0 Å². The van der Waals surface area contributed by atoms with E-state index in [1.807, 2.05) is 45.0 Å². The predicted molar refractivity (Wildman–Crippen MR) is 106 cm³/mol. The van der Waals surface area contributed by atoms with Crippen LogP contribution < -0.4 is 0 Å². The zero-order valence-electron chi connectivity index (χ0n) is 16.3. The summed E-state index contributed by atoms with van der Waals surface area (Å²) in [6.45, 7) is 6.38. The summed E-state index contributed by atoms with van der Waals surface area (Å²) in [5.41, 5.74) is 2.21. The summed E-state index contributed by atoms with van der Waals surface area (Å²) in [4.78, 5) is 12.5. The number of benzene rings is 2. The maximum absolute atomic E-state index is 13.0. The van der Waals surface area contributed by atoms with Crippen molar-refractivity contribution in [2.45, 2.75) is 44.5 Å². The van der Waals surface area contributed by atoms with Gasteiger partial charge in [-0.3, -0.25) is 0 Å². The first-order chi connectivity index (χ1) is 13.3. The zero-order valence-corrected chi connectivity index (χ0v) is 17.1. The minimum absolute atomic E-state index is 0.0820. The molecule has 2 aromatic carbocycles. The molecule has 2 atom stereocenters. The van der Waals surface area contributed by atoms with Crippen molar-refractivity contribution < 1.29 is 22.7 Å². The van der Waals surface area contributed by atoms with Crippen molar-refractivity contribution in [3.05, 3.63) is 65.2 Å². The lowest BCUT2D eigenvalue weighted by Gasteiger charge is -2.34. The van der Waals surface area contributed by atoms with Crippen LogP contribution in [0.25, 0.3) is 0 Å². The molecule has 3 rings (SSSR count). The molecule has 0 N–H and O–H groups in total. The first-order valence-electron chi connectivity index (χ1n) is 9.24. The molecule has 6 nitrogen and oxygen atoms in total. The first kappa shape index (κ1) is 20.5. The van der Waals surface area contributed by atoms with Gasteiger partial charge in [0.2, 0.25) is 10.0 Å². The fraction of sp³-hybridized carbons (Fsp3) is 0.381. The van der Waals surface area contributed by atoms with Crippen LogP contribution in [0.5, 0.6) is 0 Å². The molecule has 1 fully saturated rings. The fourth-order valence-electron chi connectivity index (χ4n) is 3.18. The normalized spacial score (nSPS) is 20.7. The van der Waals surface area contributed by atoms with Gasteiger partial charge >= 0.3 is 5.97 Å². The lowest BCUT2D eigenvalue weighted by molar-refractivity contribution is -0.0440. The summed E-state index contributed by atoms with van der Waals surface area (Å²) in [6.07, 6.45) is -0.359. The summed E-state index contributed by atoms with van der Waals surface area (Å²) >= 11 is 0. The second-order valence-corrected chi connectivity index (χ2v) is 9.11. The van der Waals surface area contributed by atoms with Crippen molar-refractivity contribution in [3.8, 4) is 0 Å². The lowest BCUT2D eigenvalue weighted by Crippen LogP contribution is -2.48. The fourth-order valence-corrected chi connectivity index (χ4v) is 4.81. The third kappa shape index (κ3) is 4.79. The van der Waals surface area contributed by atoms with Crippen molar-refractivity contribution in [3.63, 3.8) is 0 Å². The zero-order chi connectivity index (χ0) is 20.3. The monoisotopic (exact) mass is 403 g/mol. The van der Waals surface area contributed by atoms with E-state index in [9.17, 15) is 13.2 Å². The summed E-state index contributed by atoms with van der Waals surface area (Å²) in [6, 6.07) is 13.7. The molecule has 150 valence electrons. The number of esters is 1. The summed E-state index contributed by atoms with van der Waals surface area (Å²) < 4.78 is 38.3. The summed E-state index contributed by atoms with van der Waals surface area (Å²) in [7, 11) is -3.71. The van der Waals surface area contributed by atoms with Crippen molar-refractivity contribution in [2.75, 3.05) is 13.1 Å². The average molecular weight is 404 g/mol. The highest BCUT2D eigenvalue weighted by molar-refractivity contribution is 7.89. The Morgan fingerprint density at radius 2 is 1.75 bits per heavy atom. The number of morpholine rings is 1. The number of carbonyl (C=O) groups excluding carboxylic acids is 1. The first-order valence-corrected chi connectivity index (χ1v) is 10.7. The molecule has 28 heavy (non-hydrogen) atoms. The number of hydrogen-bond acceptors (Lipinski definition) is 5. The van der Waals surface area contributed by atoms with E-state index in [2.05, 4.69) is 0 Å². The van der Waals surface area contributed by atoms with Crippen molar-refractivity contribution in [1.82, 2.24) is 4.31 Å². The molecule has 0 aromatic heterocycles. The Morgan fingerprint density at radius 3 is 2.39 bits per heavy atom. The van der Waals surface area contributed by atoms with Gasteiger partial charge in [-0.15, -0.1) is 0 Å². The van der Waals surface area contributed by atoms with E-state index in [-0.39, 0.29) is 42.4 Å². The molecular formula is C21H25NO5S. The number of nitrogens with zero attached hydrogens (tertiary/aromatic N) is 1. The molecule has 1 aliphatic heterocycles. The molecule has 0 unspecified atom stereocenters. The number of rotatable bonds is 5. The number of sulfonamides is 1. The van der Waals surface area contributed by atoms with Crippen LogP contribution in [0.2, 0.25) is 0 Å². The van der Waals surface area contributed by atoms with E-state index >= 15 is 0 Å². The topological polar surface area (TPSA) is 72.9 Å². The van der Waals surface area contributed by atoms with Gasteiger partial charge in [0, 0.05) is 13.1 Å². The number of hydrogen-bond donors (Lipinski definition) is 0. The molecular weight excluding hydrogens is 378 g/mol. The van der Waals surface area contributed by atoms with Crippen LogP contribution in [0.1, 0.15) is 35.3 Å². The third-order valence-corrected chi connectivity index (χ3v) is 6.41. The highest BCUT2D eigenvalue weighted by atomic mass is 32.2. The minimum Gasteiger partial charge on any atom is -0.457 e. The molecule has 1 aliphatic rings. The van der Waals surface area contributed by atoms with Crippen LogP contribution in [-0.4, -0.2) is 44.0 Å². The Balaban J connectivity index is 1.73. The predicted octanol–water partition coefficient (Wildman–Crippen LogP) is 3.15. The summed E-state index contributed by atoms with van der Waals surface area (Å²) in [5.74, 6) is -0.554. The van der Waals surface area contributed by atoms with Crippen LogP contribution in [0.15, 0.2) is 53.4 Å². The molecule has 1 heterocycles. The van der Waals surface area contributed by atoms with E-state index in [0.717, 1.165) is 11.1 Å². The Morgan fingerprint density at radius 1 is 1.11 bits per heavy atom. The minimum atomic E-state index is -3.71. The average Bonchev–Trinajstić information content (AvgIpc) is 2.66. The molecule has 7 heteroatoms. The molecule has 2 aromatic rings. The van der Waals surface area contributed by atoms with E-state index in [4.69, 9.17) is 9.47 Å². The third-order valence-electron chi connectivity index (χ3n) is 4.58. The number of aryl methyl sites for hydroxylation is 1. The second kappa shape index (κ2) is 8.43. The van der Waals surface area contributed by atoms with Gasteiger partial charge in [0.1, 0.15) is 6.61 Å². The number of carbonyl (C=O) groups is 1. The van der Waals surface area contributed by atoms with Gasteiger partial charge < -0.3 is 9.47 Å². The van der Waals surface area contributed by atoms with Gasteiger partial charge in [-0.25, -0.2) is 13.2 Å². The second-order valence-electron chi connectivity index (χ2n) is 7.17. The Bertz CT molecular complexity index is 930. The SMILES string of the molecule is Cc1ccc(COC(=O)c2cccc(S(=O)(=O)N3C[C@@H](C)O[C@@H](C)C3)c2)cc1. The molecule has 0 bridgehead atoms. The number of ether oxygens (including phenoxy) is 2. The van der Waals surface area contributed by atoms with E-state index in [0.29, 0.717) is 0 Å². The maximum atomic E-state index is 13.0. The van der Waals surface area contributed by atoms with Crippen LogP contribution in [0.4, 0.5) is 0 Å². The molecule has 0 spiro atoms. The van der Waals surface area contributed by atoms with Crippen molar-refractivity contribution in [2.24, 2.45) is 0 Å². The van der Waals surface area contributed by atoms with Crippen LogP contribution in [-0.2, 0) is 26.1 Å². The van der Waals surface area contributed by atoms with Gasteiger partial charge in [-0.1, -0.05) is 35.9 Å². The Labute approximate surface area is 166 Å². The highest BCUT2D eigenvalue weighted by Gasteiger charge is 2.32. The van der Waals surface area contributed by atoms with Crippen molar-refractivity contribution >= 4 is 16.0 Å². The van der Waals surface area contributed by atoms with Gasteiger partial charge in [0.15, 0.2) is 0 Å². The standard InChI is InChI=1S/C21H25NO5S/c1-15-7-9-18(10-8-15)14-26-21(23)19-5-4-6-20(11-19)28(24,25)22-12-16(2)27-17(3)13-22/h4-11,16-17H,12-14H2,1-3H3/t16-,17+. The van der Waals surface area contributed by atoms with Crippen LogP contribution in [0.3, 0.4) is 0 Å². The largest absolute Gasteiger partial charge is 0.457 e.